The molecule has 13 heavy (non-hydrogen) atoms. The summed E-state index contributed by atoms with van der Waals surface area (Å²) in [6, 6.07) is 10.3. The fourth-order valence-corrected chi connectivity index (χ4v) is 3.14. The molecule has 0 fully saturated rings. The second-order valence-electron chi connectivity index (χ2n) is 2.67. The summed E-state index contributed by atoms with van der Waals surface area (Å²) in [4.78, 5) is 1.11. The fraction of sp³-hybridized carbons (Fsp3) is 0.100. The Morgan fingerprint density at radius 2 is 2.15 bits per heavy atom. The van der Waals surface area contributed by atoms with Crippen LogP contribution in [0, 0.1) is 11.3 Å². The van der Waals surface area contributed by atoms with Gasteiger partial charge in [-0.2, -0.15) is 5.26 Å². The first-order valence-electron chi connectivity index (χ1n) is 3.86. The lowest BCUT2D eigenvalue weighted by atomic mass is 10.2. The van der Waals surface area contributed by atoms with E-state index in [1.807, 2.05) is 12.1 Å². The molecule has 3 heteroatoms. The molecule has 0 aliphatic heterocycles. The number of nitrogens with zero attached hydrogens (tertiary/aromatic N) is 1. The zero-order valence-electron chi connectivity index (χ0n) is 6.75. The normalized spacial score (nSPS) is 10.2. The van der Waals surface area contributed by atoms with Gasteiger partial charge in [-0.15, -0.1) is 11.3 Å². The molecule has 0 unspecified atom stereocenters. The van der Waals surface area contributed by atoms with Gasteiger partial charge in [0, 0.05) is 19.4 Å². The van der Waals surface area contributed by atoms with Crippen LogP contribution in [0.25, 0.3) is 10.1 Å². The molecule has 0 atom stereocenters. The molecule has 64 valence electrons. The van der Waals surface area contributed by atoms with Crippen molar-refractivity contribution in [2.24, 2.45) is 0 Å². The Kier molecular flexibility index (Phi) is 2.34. The van der Waals surface area contributed by atoms with Gasteiger partial charge in [-0.25, -0.2) is 0 Å². The summed E-state index contributed by atoms with van der Waals surface area (Å²) in [6.45, 7) is 0. The van der Waals surface area contributed by atoms with Crippen molar-refractivity contribution in [2.45, 2.75) is 6.42 Å². The van der Waals surface area contributed by atoms with Crippen molar-refractivity contribution < 1.29 is 0 Å². The maximum atomic E-state index is 8.61. The number of hydrogen-bond acceptors (Lipinski definition) is 2. The Hall–Kier alpha value is -0.850. The second kappa shape index (κ2) is 3.49. The molecular weight excluding hydrogens is 246 g/mol. The van der Waals surface area contributed by atoms with Crippen LogP contribution in [0.4, 0.5) is 0 Å². The first-order chi connectivity index (χ1) is 6.33. The van der Waals surface area contributed by atoms with Gasteiger partial charge in [0.25, 0.3) is 0 Å². The molecule has 1 aromatic heterocycles. The third kappa shape index (κ3) is 1.48. The Morgan fingerprint density at radius 3 is 2.85 bits per heavy atom. The lowest BCUT2D eigenvalue weighted by molar-refractivity contribution is 1.31. The highest BCUT2D eigenvalue weighted by molar-refractivity contribution is 9.10. The first kappa shape index (κ1) is 8.74. The van der Waals surface area contributed by atoms with E-state index in [0.29, 0.717) is 6.42 Å². The molecule has 1 nitrogen and oxygen atoms in total. The van der Waals surface area contributed by atoms with E-state index in [2.05, 4.69) is 34.1 Å². The average Bonchev–Trinajstić information content (AvgIpc) is 2.46. The number of thiophene rings is 1. The number of rotatable bonds is 1. The SMILES string of the molecule is N#CCc1sc2ccccc2c1Br. The highest BCUT2D eigenvalue weighted by Crippen LogP contribution is 2.35. The van der Waals surface area contributed by atoms with Gasteiger partial charge >= 0.3 is 0 Å². The molecule has 0 saturated carbocycles. The van der Waals surface area contributed by atoms with Crippen molar-refractivity contribution in [1.82, 2.24) is 0 Å². The average molecular weight is 252 g/mol. The first-order valence-corrected chi connectivity index (χ1v) is 5.46. The van der Waals surface area contributed by atoms with Gasteiger partial charge in [-0.3, -0.25) is 0 Å². The Labute approximate surface area is 88.7 Å². The van der Waals surface area contributed by atoms with Gasteiger partial charge in [0.15, 0.2) is 0 Å². The van der Waals surface area contributed by atoms with Crippen LogP contribution in [0.15, 0.2) is 28.7 Å². The van der Waals surface area contributed by atoms with E-state index in [9.17, 15) is 0 Å². The molecule has 0 amide bonds. The largest absolute Gasteiger partial charge is 0.198 e. The number of nitriles is 1. The monoisotopic (exact) mass is 251 g/mol. The van der Waals surface area contributed by atoms with Crippen molar-refractivity contribution in [3.8, 4) is 6.07 Å². The molecule has 0 aliphatic rings. The summed E-state index contributed by atoms with van der Waals surface area (Å²) < 4.78 is 2.31. The molecule has 1 heterocycles. The summed E-state index contributed by atoms with van der Waals surface area (Å²) in [6.07, 6.45) is 0.486. The lowest BCUT2D eigenvalue weighted by Crippen LogP contribution is -1.73. The molecule has 0 spiro atoms. The molecule has 0 radical (unpaired) electrons. The minimum Gasteiger partial charge on any atom is -0.198 e. The van der Waals surface area contributed by atoms with Crippen LogP contribution in [0.3, 0.4) is 0 Å². The topological polar surface area (TPSA) is 23.8 Å². The van der Waals surface area contributed by atoms with Crippen LogP contribution in [0.5, 0.6) is 0 Å². The number of hydrogen-bond donors (Lipinski definition) is 0. The van der Waals surface area contributed by atoms with Crippen molar-refractivity contribution in [3.05, 3.63) is 33.6 Å². The predicted molar refractivity (Wildman–Crippen MR) is 58.8 cm³/mol. The highest BCUT2D eigenvalue weighted by Gasteiger charge is 2.07. The van der Waals surface area contributed by atoms with E-state index in [1.165, 1.54) is 10.1 Å². The number of halogens is 1. The third-order valence-electron chi connectivity index (χ3n) is 1.84. The van der Waals surface area contributed by atoms with Gasteiger partial charge in [0.1, 0.15) is 0 Å². The van der Waals surface area contributed by atoms with E-state index in [-0.39, 0.29) is 0 Å². The van der Waals surface area contributed by atoms with Crippen molar-refractivity contribution in [2.75, 3.05) is 0 Å². The van der Waals surface area contributed by atoms with Crippen LogP contribution in [0.2, 0.25) is 0 Å². The fourth-order valence-electron chi connectivity index (χ4n) is 1.25. The van der Waals surface area contributed by atoms with Crippen molar-refractivity contribution in [1.29, 1.82) is 5.26 Å². The number of benzene rings is 1. The van der Waals surface area contributed by atoms with Crippen LogP contribution >= 0.6 is 27.3 Å². The van der Waals surface area contributed by atoms with E-state index >= 15 is 0 Å². The van der Waals surface area contributed by atoms with Crippen molar-refractivity contribution >= 4 is 37.4 Å². The molecule has 0 aliphatic carbocycles. The van der Waals surface area contributed by atoms with E-state index < -0.39 is 0 Å². The lowest BCUT2D eigenvalue weighted by Gasteiger charge is -1.88. The maximum Gasteiger partial charge on any atom is 0.0707 e. The summed E-state index contributed by atoms with van der Waals surface area (Å²) in [5.74, 6) is 0. The van der Waals surface area contributed by atoms with Crippen LogP contribution in [-0.2, 0) is 6.42 Å². The Bertz CT molecular complexity index is 481. The predicted octanol–water partition coefficient (Wildman–Crippen LogP) is 3.73. The standard InChI is InChI=1S/C10H6BrNS/c11-10-7-3-1-2-4-8(7)13-9(10)5-6-12/h1-4H,5H2. The summed E-state index contributed by atoms with van der Waals surface area (Å²) in [7, 11) is 0. The van der Waals surface area contributed by atoms with Crippen LogP contribution in [0.1, 0.15) is 4.88 Å². The smallest absolute Gasteiger partial charge is 0.0707 e. The molecule has 0 saturated heterocycles. The second-order valence-corrected chi connectivity index (χ2v) is 4.60. The molecule has 0 N–H and O–H groups in total. The van der Waals surface area contributed by atoms with Gasteiger partial charge in [0.05, 0.1) is 12.5 Å². The van der Waals surface area contributed by atoms with E-state index in [0.717, 1.165) is 9.35 Å². The third-order valence-corrected chi connectivity index (χ3v) is 4.18. The van der Waals surface area contributed by atoms with E-state index in [4.69, 9.17) is 5.26 Å². The maximum absolute atomic E-state index is 8.61. The van der Waals surface area contributed by atoms with E-state index in [1.54, 1.807) is 11.3 Å². The van der Waals surface area contributed by atoms with Crippen molar-refractivity contribution in [3.63, 3.8) is 0 Å². The minimum absolute atomic E-state index is 0.486. The van der Waals surface area contributed by atoms with Crippen LogP contribution in [-0.4, -0.2) is 0 Å². The van der Waals surface area contributed by atoms with Gasteiger partial charge in [-0.1, -0.05) is 18.2 Å². The van der Waals surface area contributed by atoms with Gasteiger partial charge in [0.2, 0.25) is 0 Å². The quantitative estimate of drug-likeness (QED) is 0.758. The van der Waals surface area contributed by atoms with Crippen LogP contribution < -0.4 is 0 Å². The molecule has 2 rings (SSSR count). The molecular formula is C10H6BrNS. The van der Waals surface area contributed by atoms with Gasteiger partial charge < -0.3 is 0 Å². The number of fused-ring (bicyclic) bond motifs is 1. The summed E-state index contributed by atoms with van der Waals surface area (Å²) in [5.41, 5.74) is 0. The minimum atomic E-state index is 0.486. The highest BCUT2D eigenvalue weighted by atomic mass is 79.9. The molecule has 1 aromatic carbocycles. The summed E-state index contributed by atoms with van der Waals surface area (Å²) >= 11 is 5.19. The zero-order valence-corrected chi connectivity index (χ0v) is 9.15. The summed E-state index contributed by atoms with van der Waals surface area (Å²) in [5, 5.41) is 9.81. The Balaban J connectivity index is 2.68. The Morgan fingerprint density at radius 1 is 1.38 bits per heavy atom. The zero-order chi connectivity index (χ0) is 9.26. The molecule has 2 aromatic rings. The van der Waals surface area contributed by atoms with Gasteiger partial charge in [-0.05, 0) is 22.0 Å². The molecule has 0 bridgehead atoms.